The topological polar surface area (TPSA) is 56.3 Å². The van der Waals surface area contributed by atoms with Crippen molar-refractivity contribution < 1.29 is 14.3 Å². The first-order valence-corrected chi connectivity index (χ1v) is 8.12. The Hall–Kier alpha value is -2.49. The van der Waals surface area contributed by atoms with E-state index in [1.54, 1.807) is 0 Å². The van der Waals surface area contributed by atoms with Crippen LogP contribution in [0.2, 0.25) is 0 Å². The van der Waals surface area contributed by atoms with Crippen LogP contribution >= 0.6 is 0 Å². The summed E-state index contributed by atoms with van der Waals surface area (Å²) in [4.78, 5) is 28.6. The van der Waals surface area contributed by atoms with Crippen LogP contribution in [0.15, 0.2) is 30.3 Å². The molecule has 1 aliphatic rings. The molecule has 1 heterocycles. The number of ketones is 1. The second-order valence-corrected chi connectivity index (χ2v) is 7.00. The van der Waals surface area contributed by atoms with Gasteiger partial charge in [-0.25, -0.2) is 0 Å². The number of Topliss-reactive ketones (excluding diaryl/α,β-unsaturated/α-hetero) is 1. The summed E-state index contributed by atoms with van der Waals surface area (Å²) in [5.41, 5.74) is 3.68. The average Bonchev–Trinajstić information content (AvgIpc) is 2.51. The Morgan fingerprint density at radius 2 is 1.88 bits per heavy atom. The number of aryl methyl sites for hydroxylation is 2. The van der Waals surface area contributed by atoms with Gasteiger partial charge in [-0.05, 0) is 49.6 Å². The summed E-state index contributed by atoms with van der Waals surface area (Å²) in [5.74, 6) is 0.279. The minimum Gasteiger partial charge on any atom is -0.426 e. The molecule has 124 valence electrons. The van der Waals surface area contributed by atoms with Crippen LogP contribution < -0.4 is 4.74 Å². The lowest BCUT2D eigenvalue weighted by Crippen LogP contribution is -2.31. The molecule has 0 fully saturated rings. The molecule has 0 N–H and O–H groups in total. The van der Waals surface area contributed by atoms with Crippen molar-refractivity contribution in [3.63, 3.8) is 0 Å². The van der Waals surface area contributed by atoms with Crippen LogP contribution in [0, 0.1) is 12.3 Å². The molecule has 4 nitrogen and oxygen atoms in total. The van der Waals surface area contributed by atoms with Gasteiger partial charge in [-0.1, -0.05) is 19.9 Å². The van der Waals surface area contributed by atoms with Gasteiger partial charge in [-0.2, -0.15) is 0 Å². The van der Waals surface area contributed by atoms with E-state index in [9.17, 15) is 9.59 Å². The highest BCUT2D eigenvalue weighted by atomic mass is 16.5. The van der Waals surface area contributed by atoms with E-state index in [1.807, 2.05) is 51.1 Å². The SMILES string of the molecule is CC(=O)Oc1cc(C)ccc1-c1ccc2c(n1)CCC(C)(C)C2=O. The third kappa shape index (κ3) is 2.96. The number of hydrogen-bond donors (Lipinski definition) is 0. The highest BCUT2D eigenvalue weighted by molar-refractivity contribution is 6.02. The lowest BCUT2D eigenvalue weighted by Gasteiger charge is -2.29. The van der Waals surface area contributed by atoms with Gasteiger partial charge in [0.1, 0.15) is 5.75 Å². The molecule has 2 aromatic rings. The molecule has 24 heavy (non-hydrogen) atoms. The maximum Gasteiger partial charge on any atom is 0.308 e. The van der Waals surface area contributed by atoms with Crippen molar-refractivity contribution in [3.05, 3.63) is 47.2 Å². The highest BCUT2D eigenvalue weighted by Crippen LogP contribution is 2.36. The number of esters is 1. The summed E-state index contributed by atoms with van der Waals surface area (Å²) in [5, 5.41) is 0. The maximum absolute atomic E-state index is 12.5. The van der Waals surface area contributed by atoms with Crippen LogP contribution in [-0.4, -0.2) is 16.7 Å². The van der Waals surface area contributed by atoms with Crippen LogP contribution in [0.4, 0.5) is 0 Å². The molecular weight excluding hydrogens is 302 g/mol. The first kappa shape index (κ1) is 16.4. The molecule has 0 radical (unpaired) electrons. The van der Waals surface area contributed by atoms with Gasteiger partial charge in [-0.3, -0.25) is 14.6 Å². The summed E-state index contributed by atoms with van der Waals surface area (Å²) in [6, 6.07) is 9.36. The number of ether oxygens (including phenoxy) is 1. The second kappa shape index (κ2) is 5.86. The van der Waals surface area contributed by atoms with Crippen LogP contribution in [0.1, 0.15) is 48.8 Å². The number of pyridine rings is 1. The Morgan fingerprint density at radius 1 is 1.17 bits per heavy atom. The number of carbonyl (C=O) groups is 2. The van der Waals surface area contributed by atoms with E-state index in [4.69, 9.17) is 4.74 Å². The monoisotopic (exact) mass is 323 g/mol. The minimum absolute atomic E-state index is 0.145. The Bertz CT molecular complexity index is 837. The van der Waals surface area contributed by atoms with E-state index in [-0.39, 0.29) is 17.2 Å². The largest absolute Gasteiger partial charge is 0.426 e. The van der Waals surface area contributed by atoms with Gasteiger partial charge in [0, 0.05) is 23.5 Å². The summed E-state index contributed by atoms with van der Waals surface area (Å²) >= 11 is 0. The van der Waals surface area contributed by atoms with E-state index in [0.717, 1.165) is 35.4 Å². The summed E-state index contributed by atoms with van der Waals surface area (Å²) < 4.78 is 5.33. The number of nitrogens with zero attached hydrogens (tertiary/aromatic N) is 1. The number of carbonyl (C=O) groups excluding carboxylic acids is 2. The number of fused-ring (bicyclic) bond motifs is 1. The van der Waals surface area contributed by atoms with Crippen molar-refractivity contribution in [3.8, 4) is 17.0 Å². The van der Waals surface area contributed by atoms with Crippen molar-refractivity contribution in [1.82, 2.24) is 4.98 Å². The van der Waals surface area contributed by atoms with Crippen LogP contribution in [0.5, 0.6) is 5.75 Å². The molecule has 0 spiro atoms. The number of hydrogen-bond acceptors (Lipinski definition) is 4. The molecule has 0 aliphatic heterocycles. The lowest BCUT2D eigenvalue weighted by molar-refractivity contribution is -0.131. The molecule has 1 aliphatic carbocycles. The van der Waals surface area contributed by atoms with Gasteiger partial charge < -0.3 is 4.74 Å². The van der Waals surface area contributed by atoms with Crippen LogP contribution in [0.3, 0.4) is 0 Å². The predicted octanol–water partition coefficient (Wildman–Crippen LogP) is 4.14. The van der Waals surface area contributed by atoms with Crippen molar-refractivity contribution in [2.75, 3.05) is 0 Å². The molecule has 0 unspecified atom stereocenters. The minimum atomic E-state index is -0.364. The van der Waals surface area contributed by atoms with E-state index >= 15 is 0 Å². The normalized spacial score (nSPS) is 15.8. The Kier molecular flexibility index (Phi) is 3.99. The smallest absolute Gasteiger partial charge is 0.308 e. The fourth-order valence-electron chi connectivity index (χ4n) is 3.04. The molecule has 0 amide bonds. The first-order chi connectivity index (χ1) is 11.3. The molecule has 0 bridgehead atoms. The zero-order chi connectivity index (χ0) is 17.5. The zero-order valence-electron chi connectivity index (χ0n) is 14.5. The van der Waals surface area contributed by atoms with Crippen molar-refractivity contribution in [1.29, 1.82) is 0 Å². The first-order valence-electron chi connectivity index (χ1n) is 8.12. The molecule has 0 atom stereocenters. The lowest BCUT2D eigenvalue weighted by atomic mass is 9.75. The zero-order valence-corrected chi connectivity index (χ0v) is 14.5. The highest BCUT2D eigenvalue weighted by Gasteiger charge is 2.34. The second-order valence-electron chi connectivity index (χ2n) is 7.00. The van der Waals surface area contributed by atoms with E-state index in [1.165, 1.54) is 6.92 Å². The Balaban J connectivity index is 2.07. The van der Waals surface area contributed by atoms with Gasteiger partial charge >= 0.3 is 5.97 Å². The Labute approximate surface area is 141 Å². The van der Waals surface area contributed by atoms with Gasteiger partial charge in [0.05, 0.1) is 11.4 Å². The average molecular weight is 323 g/mol. The van der Waals surface area contributed by atoms with Crippen molar-refractivity contribution in [2.45, 2.75) is 40.5 Å². The standard InChI is InChI=1S/C20H21NO3/c1-12-5-6-14(18(11-12)24-13(2)22)16-8-7-15-17(21-16)9-10-20(3,4)19(15)23/h5-8,11H,9-10H2,1-4H3. The molecule has 0 saturated heterocycles. The van der Waals surface area contributed by atoms with E-state index < -0.39 is 0 Å². The number of benzene rings is 1. The van der Waals surface area contributed by atoms with Gasteiger partial charge in [0.25, 0.3) is 0 Å². The fourth-order valence-corrected chi connectivity index (χ4v) is 3.04. The summed E-state index contributed by atoms with van der Waals surface area (Å²) in [6.45, 7) is 7.28. The van der Waals surface area contributed by atoms with Crippen molar-refractivity contribution in [2.24, 2.45) is 5.41 Å². The van der Waals surface area contributed by atoms with E-state index in [2.05, 4.69) is 4.98 Å². The van der Waals surface area contributed by atoms with Gasteiger partial charge in [-0.15, -0.1) is 0 Å². The maximum atomic E-state index is 12.5. The Morgan fingerprint density at radius 3 is 2.58 bits per heavy atom. The molecule has 1 aromatic heterocycles. The molecule has 4 heteroatoms. The third-order valence-corrected chi connectivity index (χ3v) is 4.49. The van der Waals surface area contributed by atoms with Gasteiger partial charge in [0.15, 0.2) is 5.78 Å². The molecule has 3 rings (SSSR count). The molecular formula is C20H21NO3. The summed E-state index contributed by atoms with van der Waals surface area (Å²) in [7, 11) is 0. The van der Waals surface area contributed by atoms with Gasteiger partial charge in [0.2, 0.25) is 0 Å². The quantitative estimate of drug-likeness (QED) is 0.616. The fraction of sp³-hybridized carbons (Fsp3) is 0.350. The van der Waals surface area contributed by atoms with Crippen LogP contribution in [-0.2, 0) is 11.2 Å². The number of rotatable bonds is 2. The van der Waals surface area contributed by atoms with Crippen molar-refractivity contribution >= 4 is 11.8 Å². The van der Waals surface area contributed by atoms with E-state index in [0.29, 0.717) is 11.3 Å². The third-order valence-electron chi connectivity index (χ3n) is 4.49. The number of aromatic nitrogens is 1. The summed E-state index contributed by atoms with van der Waals surface area (Å²) in [6.07, 6.45) is 1.57. The molecule has 0 saturated carbocycles. The van der Waals surface area contributed by atoms with Crippen LogP contribution in [0.25, 0.3) is 11.3 Å². The predicted molar refractivity (Wildman–Crippen MR) is 92.2 cm³/mol. The molecule has 1 aromatic carbocycles.